The third kappa shape index (κ3) is 8.86. The number of hydrogen-bond donors (Lipinski definition) is 2. The molecule has 0 aliphatic heterocycles. The van der Waals surface area contributed by atoms with Gasteiger partial charge in [-0.1, -0.05) is 13.8 Å². The molecule has 25 heavy (non-hydrogen) atoms. The van der Waals surface area contributed by atoms with Gasteiger partial charge in [-0.25, -0.2) is 13.1 Å². The van der Waals surface area contributed by atoms with E-state index in [1.807, 2.05) is 36.8 Å². The molecule has 146 valence electrons. The predicted octanol–water partition coefficient (Wildman–Crippen LogP) is 1.11. The largest absolute Gasteiger partial charge is 0.357 e. The zero-order valence-corrected chi connectivity index (χ0v) is 19.1. The van der Waals surface area contributed by atoms with Crippen molar-refractivity contribution in [2.24, 2.45) is 12.0 Å². The van der Waals surface area contributed by atoms with Crippen molar-refractivity contribution >= 4 is 40.0 Å². The number of sulfonamides is 1. The Bertz CT molecular complexity index is 657. The average Bonchev–Trinajstić information content (AvgIpc) is 2.82. The van der Waals surface area contributed by atoms with Crippen LogP contribution in [0.1, 0.15) is 37.9 Å². The summed E-state index contributed by atoms with van der Waals surface area (Å²) in [6, 6.07) is 0. The van der Waals surface area contributed by atoms with Crippen molar-refractivity contribution in [1.82, 2.24) is 24.7 Å². The van der Waals surface area contributed by atoms with Crippen molar-refractivity contribution in [2.45, 2.75) is 33.2 Å². The van der Waals surface area contributed by atoms with Crippen LogP contribution in [0.2, 0.25) is 0 Å². The Morgan fingerprint density at radius 3 is 2.60 bits per heavy atom. The van der Waals surface area contributed by atoms with E-state index in [-0.39, 0.29) is 30.5 Å². The molecular formula is C15H31IN6O2S. The third-order valence-electron chi connectivity index (χ3n) is 3.33. The zero-order chi connectivity index (χ0) is 18.3. The van der Waals surface area contributed by atoms with Gasteiger partial charge in [-0.15, -0.1) is 24.0 Å². The highest BCUT2D eigenvalue weighted by molar-refractivity contribution is 14.0. The Morgan fingerprint density at radius 1 is 1.44 bits per heavy atom. The van der Waals surface area contributed by atoms with Crippen LogP contribution in [0.5, 0.6) is 0 Å². The van der Waals surface area contributed by atoms with Crippen LogP contribution in [-0.4, -0.2) is 62.0 Å². The first-order valence-electron chi connectivity index (χ1n) is 8.10. The molecule has 0 aliphatic carbocycles. The quantitative estimate of drug-likeness (QED) is 0.249. The number of aryl methyl sites for hydroxylation is 1. The van der Waals surface area contributed by atoms with Gasteiger partial charge in [0, 0.05) is 45.5 Å². The number of hydrogen-bond acceptors (Lipinski definition) is 4. The number of guanidine groups is 1. The highest BCUT2D eigenvalue weighted by atomic mass is 127. The molecule has 0 aromatic carbocycles. The summed E-state index contributed by atoms with van der Waals surface area (Å²) in [7, 11) is 0.703. The fourth-order valence-electron chi connectivity index (χ4n) is 2.36. The van der Waals surface area contributed by atoms with E-state index in [4.69, 9.17) is 0 Å². The van der Waals surface area contributed by atoms with E-state index in [9.17, 15) is 8.42 Å². The Balaban J connectivity index is 0.00000576. The van der Waals surface area contributed by atoms with E-state index in [1.54, 1.807) is 0 Å². The van der Waals surface area contributed by atoms with E-state index in [2.05, 4.69) is 34.0 Å². The van der Waals surface area contributed by atoms with Gasteiger partial charge < -0.3 is 10.2 Å². The lowest BCUT2D eigenvalue weighted by atomic mass is 10.1. The van der Waals surface area contributed by atoms with Crippen LogP contribution >= 0.6 is 24.0 Å². The number of aromatic nitrogens is 2. The summed E-state index contributed by atoms with van der Waals surface area (Å²) >= 11 is 0. The van der Waals surface area contributed by atoms with Gasteiger partial charge in [-0.2, -0.15) is 5.10 Å². The summed E-state index contributed by atoms with van der Waals surface area (Å²) in [6.07, 6.45) is 3.17. The first-order valence-corrected chi connectivity index (χ1v) is 9.99. The third-order valence-corrected chi connectivity index (χ3v) is 4.05. The van der Waals surface area contributed by atoms with Crippen LogP contribution in [-0.2, 0) is 23.6 Å². The summed E-state index contributed by atoms with van der Waals surface area (Å²) in [6.45, 7) is 8.35. The fraction of sp³-hybridized carbons (Fsp3) is 0.733. The minimum absolute atomic E-state index is 0. The molecule has 2 N–H and O–H groups in total. The SMILES string of the molecule is CCNC(=NCCNS(C)(=O)=O)N(C)Cc1cn(C)nc1C(C)C.I. The summed E-state index contributed by atoms with van der Waals surface area (Å²) in [5.41, 5.74) is 2.24. The molecule has 0 radical (unpaired) electrons. The summed E-state index contributed by atoms with van der Waals surface area (Å²) < 4.78 is 26.4. The minimum Gasteiger partial charge on any atom is -0.357 e. The molecule has 0 spiro atoms. The maximum atomic E-state index is 11.1. The maximum absolute atomic E-state index is 11.1. The van der Waals surface area contributed by atoms with Crippen LogP contribution in [0, 0.1) is 0 Å². The second-order valence-corrected chi connectivity index (χ2v) is 7.96. The number of halogens is 1. The van der Waals surface area contributed by atoms with E-state index >= 15 is 0 Å². The molecule has 1 heterocycles. The van der Waals surface area contributed by atoms with E-state index in [1.165, 1.54) is 0 Å². The minimum atomic E-state index is -3.18. The summed E-state index contributed by atoms with van der Waals surface area (Å²) in [4.78, 5) is 6.49. The second-order valence-electron chi connectivity index (χ2n) is 6.13. The van der Waals surface area contributed by atoms with Crippen LogP contribution in [0.15, 0.2) is 11.2 Å². The maximum Gasteiger partial charge on any atom is 0.208 e. The summed E-state index contributed by atoms with van der Waals surface area (Å²) in [5.74, 6) is 1.10. The Labute approximate surface area is 168 Å². The molecule has 0 bridgehead atoms. The molecule has 0 saturated heterocycles. The standard InChI is InChI=1S/C15H30N6O2S.HI/c1-7-16-15(17-8-9-18-24(6,22)23)20(4)10-13-11-21(5)19-14(13)12(2)3;/h11-12,18H,7-10H2,1-6H3,(H,16,17);1H. The molecule has 1 aromatic rings. The smallest absolute Gasteiger partial charge is 0.208 e. The highest BCUT2D eigenvalue weighted by Crippen LogP contribution is 2.18. The van der Waals surface area contributed by atoms with Gasteiger partial charge in [0.2, 0.25) is 10.0 Å². The van der Waals surface area contributed by atoms with Gasteiger partial charge in [-0.05, 0) is 12.8 Å². The topological polar surface area (TPSA) is 91.6 Å². The Hall–Kier alpha value is -0.880. The van der Waals surface area contributed by atoms with E-state index in [0.717, 1.165) is 30.0 Å². The Kier molecular flexibility index (Phi) is 10.6. The molecule has 0 unspecified atom stereocenters. The molecular weight excluding hydrogens is 455 g/mol. The van der Waals surface area contributed by atoms with Crippen molar-refractivity contribution in [2.75, 3.05) is 32.9 Å². The first kappa shape index (κ1) is 24.1. The average molecular weight is 486 g/mol. The number of nitrogens with zero attached hydrogens (tertiary/aromatic N) is 4. The second kappa shape index (κ2) is 11.0. The van der Waals surface area contributed by atoms with Gasteiger partial charge in [0.25, 0.3) is 0 Å². The van der Waals surface area contributed by atoms with Crippen LogP contribution in [0.3, 0.4) is 0 Å². The van der Waals surface area contributed by atoms with Crippen molar-refractivity contribution in [1.29, 1.82) is 0 Å². The first-order chi connectivity index (χ1) is 11.1. The number of nitrogens with one attached hydrogen (secondary N) is 2. The highest BCUT2D eigenvalue weighted by Gasteiger charge is 2.15. The molecule has 1 aromatic heterocycles. The van der Waals surface area contributed by atoms with Crippen LogP contribution in [0.25, 0.3) is 0 Å². The molecule has 8 nitrogen and oxygen atoms in total. The van der Waals surface area contributed by atoms with Crippen LogP contribution < -0.4 is 10.0 Å². The van der Waals surface area contributed by atoms with Crippen molar-refractivity contribution in [3.63, 3.8) is 0 Å². The molecule has 1 rings (SSSR count). The van der Waals surface area contributed by atoms with Gasteiger partial charge in [0.1, 0.15) is 0 Å². The number of aliphatic imine (C=N–C) groups is 1. The van der Waals surface area contributed by atoms with Gasteiger partial charge in [0.15, 0.2) is 5.96 Å². The molecule has 0 atom stereocenters. The predicted molar refractivity (Wildman–Crippen MR) is 113 cm³/mol. The van der Waals surface area contributed by atoms with Crippen molar-refractivity contribution in [3.8, 4) is 0 Å². The molecule has 0 aliphatic rings. The lowest BCUT2D eigenvalue weighted by Gasteiger charge is -2.22. The lowest BCUT2D eigenvalue weighted by molar-refractivity contribution is 0.473. The van der Waals surface area contributed by atoms with Crippen LogP contribution in [0.4, 0.5) is 0 Å². The lowest BCUT2D eigenvalue weighted by Crippen LogP contribution is -2.39. The Morgan fingerprint density at radius 2 is 2.08 bits per heavy atom. The molecule has 10 heteroatoms. The van der Waals surface area contributed by atoms with Crippen molar-refractivity contribution in [3.05, 3.63) is 17.5 Å². The zero-order valence-electron chi connectivity index (χ0n) is 15.9. The number of rotatable bonds is 8. The molecule has 0 amide bonds. The van der Waals surface area contributed by atoms with E-state index < -0.39 is 10.0 Å². The van der Waals surface area contributed by atoms with E-state index in [0.29, 0.717) is 19.0 Å². The van der Waals surface area contributed by atoms with Gasteiger partial charge in [0.05, 0.1) is 18.5 Å². The van der Waals surface area contributed by atoms with Crippen molar-refractivity contribution < 1.29 is 8.42 Å². The summed E-state index contributed by atoms with van der Waals surface area (Å²) in [5, 5.41) is 7.75. The normalized spacial score (nSPS) is 12.2. The molecule has 0 saturated carbocycles. The fourth-order valence-corrected chi connectivity index (χ4v) is 2.82. The van der Waals surface area contributed by atoms with Gasteiger partial charge in [-0.3, -0.25) is 9.67 Å². The molecule has 0 fully saturated rings. The van der Waals surface area contributed by atoms with Gasteiger partial charge >= 0.3 is 0 Å². The monoisotopic (exact) mass is 486 g/mol.